The summed E-state index contributed by atoms with van der Waals surface area (Å²) in [4.78, 5) is 0. The molecule has 1 nitrogen and oxygen atoms in total. The maximum atomic E-state index is 12.9. The van der Waals surface area contributed by atoms with Crippen LogP contribution in [-0.4, -0.2) is 5.11 Å². The highest BCUT2D eigenvalue weighted by Gasteiger charge is 2.37. The Hall–Kier alpha value is -1.89. The molecular weight excluding hydrogens is 346 g/mol. The van der Waals surface area contributed by atoms with E-state index in [2.05, 4.69) is 0 Å². The Kier molecular flexibility index (Phi) is 4.28. The van der Waals surface area contributed by atoms with Gasteiger partial charge in [0.25, 0.3) is 0 Å². The first kappa shape index (κ1) is 17.5. The number of halogens is 7. The van der Waals surface area contributed by atoms with Gasteiger partial charge >= 0.3 is 12.4 Å². The highest BCUT2D eigenvalue weighted by Crippen LogP contribution is 2.42. The summed E-state index contributed by atoms with van der Waals surface area (Å²) in [6.07, 6.45) is -9.90. The fourth-order valence-corrected chi connectivity index (χ4v) is 2.44. The van der Waals surface area contributed by atoms with Gasteiger partial charge in [-0.05, 0) is 42.8 Å². The van der Waals surface area contributed by atoms with Gasteiger partial charge in [-0.15, -0.1) is 0 Å². The maximum Gasteiger partial charge on any atom is 0.416 e. The SMILES string of the molecule is Cc1c(O)ccc(Cl)c1-c1cc(C(F)(F)F)cc(C(F)(F)F)c1. The second-order valence-electron chi connectivity index (χ2n) is 4.86. The van der Waals surface area contributed by atoms with Crippen molar-refractivity contribution in [2.75, 3.05) is 0 Å². The Morgan fingerprint density at radius 3 is 1.78 bits per heavy atom. The first-order valence-corrected chi connectivity index (χ1v) is 6.57. The molecule has 0 spiro atoms. The Balaban J connectivity index is 2.81. The second kappa shape index (κ2) is 5.63. The molecule has 0 bridgehead atoms. The zero-order chi connectivity index (χ0) is 17.6. The number of aromatic hydroxyl groups is 1. The summed E-state index contributed by atoms with van der Waals surface area (Å²) in [5.41, 5.74) is -3.25. The molecule has 0 atom stereocenters. The van der Waals surface area contributed by atoms with E-state index in [1.165, 1.54) is 19.1 Å². The Labute approximate surface area is 132 Å². The van der Waals surface area contributed by atoms with Crippen molar-refractivity contribution < 1.29 is 31.4 Å². The molecule has 0 aliphatic rings. The summed E-state index contributed by atoms with van der Waals surface area (Å²) >= 11 is 5.90. The maximum absolute atomic E-state index is 12.9. The van der Waals surface area contributed by atoms with Crippen LogP contribution in [0.5, 0.6) is 5.75 Å². The molecule has 2 rings (SSSR count). The van der Waals surface area contributed by atoms with E-state index in [0.29, 0.717) is 12.1 Å². The van der Waals surface area contributed by atoms with Crippen molar-refractivity contribution in [1.82, 2.24) is 0 Å². The minimum Gasteiger partial charge on any atom is -0.508 e. The molecule has 8 heteroatoms. The first-order chi connectivity index (χ1) is 10.4. The third-order valence-corrected chi connectivity index (χ3v) is 3.58. The molecule has 0 aromatic heterocycles. The van der Waals surface area contributed by atoms with Gasteiger partial charge in [-0.2, -0.15) is 26.3 Å². The van der Waals surface area contributed by atoms with Crippen molar-refractivity contribution in [2.24, 2.45) is 0 Å². The van der Waals surface area contributed by atoms with Crippen LogP contribution < -0.4 is 0 Å². The molecule has 0 amide bonds. The molecule has 0 radical (unpaired) electrons. The van der Waals surface area contributed by atoms with Crippen LogP contribution in [-0.2, 0) is 12.4 Å². The van der Waals surface area contributed by atoms with E-state index >= 15 is 0 Å². The van der Waals surface area contributed by atoms with Gasteiger partial charge in [-0.3, -0.25) is 0 Å². The lowest BCUT2D eigenvalue weighted by molar-refractivity contribution is -0.143. The van der Waals surface area contributed by atoms with Crippen molar-refractivity contribution >= 4 is 11.6 Å². The van der Waals surface area contributed by atoms with Gasteiger partial charge in [0.2, 0.25) is 0 Å². The number of hydrogen-bond acceptors (Lipinski definition) is 1. The Morgan fingerprint density at radius 1 is 0.870 bits per heavy atom. The fourth-order valence-electron chi connectivity index (χ4n) is 2.12. The molecule has 124 valence electrons. The van der Waals surface area contributed by atoms with E-state index in [9.17, 15) is 31.4 Å². The summed E-state index contributed by atoms with van der Waals surface area (Å²) in [5.74, 6) is -0.282. The third kappa shape index (κ3) is 3.55. The molecule has 0 aliphatic heterocycles. The van der Waals surface area contributed by atoms with Crippen LogP contribution in [0.3, 0.4) is 0 Å². The van der Waals surface area contributed by atoms with E-state index in [1.54, 1.807) is 0 Å². The van der Waals surface area contributed by atoms with Crippen LogP contribution in [0.1, 0.15) is 16.7 Å². The lowest BCUT2D eigenvalue weighted by Gasteiger charge is -2.16. The van der Waals surface area contributed by atoms with Gasteiger partial charge in [0.1, 0.15) is 5.75 Å². The van der Waals surface area contributed by atoms with E-state index < -0.39 is 23.5 Å². The average molecular weight is 355 g/mol. The van der Waals surface area contributed by atoms with Crippen molar-refractivity contribution in [2.45, 2.75) is 19.3 Å². The number of phenols is 1. The molecular formula is C15H9ClF6O. The van der Waals surface area contributed by atoms with Crippen molar-refractivity contribution in [3.63, 3.8) is 0 Å². The average Bonchev–Trinajstić information content (AvgIpc) is 2.41. The van der Waals surface area contributed by atoms with E-state index in [0.717, 1.165) is 0 Å². The minimum atomic E-state index is -4.95. The normalized spacial score (nSPS) is 12.5. The van der Waals surface area contributed by atoms with Crippen molar-refractivity contribution in [3.05, 3.63) is 52.0 Å². The topological polar surface area (TPSA) is 20.2 Å². The molecule has 0 unspecified atom stereocenters. The predicted octanol–water partition coefficient (Wildman–Crippen LogP) is 6.06. The summed E-state index contributed by atoms with van der Waals surface area (Å²) in [6.45, 7) is 1.35. The Morgan fingerprint density at radius 2 is 1.35 bits per heavy atom. The minimum absolute atomic E-state index is 0.0372. The van der Waals surface area contributed by atoms with Crippen LogP contribution in [0.25, 0.3) is 11.1 Å². The van der Waals surface area contributed by atoms with Crippen molar-refractivity contribution in [1.29, 1.82) is 0 Å². The molecule has 0 aliphatic carbocycles. The van der Waals surface area contributed by atoms with E-state index in [1.807, 2.05) is 0 Å². The van der Waals surface area contributed by atoms with Gasteiger partial charge < -0.3 is 5.11 Å². The molecule has 23 heavy (non-hydrogen) atoms. The van der Waals surface area contributed by atoms with Crippen LogP contribution in [0.4, 0.5) is 26.3 Å². The van der Waals surface area contributed by atoms with Crippen molar-refractivity contribution in [3.8, 4) is 16.9 Å². The summed E-state index contributed by atoms with van der Waals surface area (Å²) in [6, 6.07) is 3.59. The number of phenolic OH excluding ortho intramolecular Hbond substituents is 1. The van der Waals surface area contributed by atoms with Crippen LogP contribution >= 0.6 is 11.6 Å². The standard InChI is InChI=1S/C15H9ClF6O/c1-7-12(23)3-2-11(16)13(7)8-4-9(14(17,18)19)6-10(5-8)15(20,21)22/h2-6,23H,1H3. The smallest absolute Gasteiger partial charge is 0.416 e. The molecule has 1 N–H and O–H groups in total. The zero-order valence-corrected chi connectivity index (χ0v) is 12.2. The predicted molar refractivity (Wildman–Crippen MR) is 73.3 cm³/mol. The quantitative estimate of drug-likeness (QED) is 0.617. The van der Waals surface area contributed by atoms with Gasteiger partial charge in [0.05, 0.1) is 11.1 Å². The molecule has 0 saturated heterocycles. The van der Waals surface area contributed by atoms with E-state index in [-0.39, 0.29) is 33.5 Å². The zero-order valence-electron chi connectivity index (χ0n) is 11.5. The van der Waals surface area contributed by atoms with Crippen LogP contribution in [0, 0.1) is 6.92 Å². The highest BCUT2D eigenvalue weighted by atomic mass is 35.5. The molecule has 2 aromatic carbocycles. The second-order valence-corrected chi connectivity index (χ2v) is 5.27. The third-order valence-electron chi connectivity index (χ3n) is 3.26. The highest BCUT2D eigenvalue weighted by molar-refractivity contribution is 6.33. The molecule has 0 fully saturated rings. The van der Waals surface area contributed by atoms with Crippen LogP contribution in [0.15, 0.2) is 30.3 Å². The first-order valence-electron chi connectivity index (χ1n) is 6.19. The summed E-state index contributed by atoms with van der Waals surface area (Å²) in [5, 5.41) is 9.58. The van der Waals surface area contributed by atoms with Gasteiger partial charge in [0.15, 0.2) is 0 Å². The number of rotatable bonds is 1. The fraction of sp³-hybridized carbons (Fsp3) is 0.200. The molecule has 0 saturated carbocycles. The van der Waals surface area contributed by atoms with Gasteiger partial charge in [-0.25, -0.2) is 0 Å². The van der Waals surface area contributed by atoms with Crippen LogP contribution in [0.2, 0.25) is 5.02 Å². The lowest BCUT2D eigenvalue weighted by Crippen LogP contribution is -2.11. The Bertz CT molecular complexity index is 717. The lowest BCUT2D eigenvalue weighted by atomic mass is 9.95. The molecule has 2 aromatic rings. The van der Waals surface area contributed by atoms with E-state index in [4.69, 9.17) is 11.6 Å². The number of hydrogen-bond donors (Lipinski definition) is 1. The monoisotopic (exact) mass is 354 g/mol. The van der Waals surface area contributed by atoms with Gasteiger partial charge in [0, 0.05) is 16.1 Å². The number of benzene rings is 2. The number of alkyl halides is 6. The molecule has 0 heterocycles. The largest absolute Gasteiger partial charge is 0.508 e. The van der Waals surface area contributed by atoms with Gasteiger partial charge in [-0.1, -0.05) is 11.6 Å². The summed E-state index contributed by atoms with van der Waals surface area (Å²) < 4.78 is 77.3. The summed E-state index contributed by atoms with van der Waals surface area (Å²) in [7, 11) is 0.